The molecule has 0 saturated heterocycles. The molecule has 0 radical (unpaired) electrons. The molecule has 0 bridgehead atoms. The summed E-state index contributed by atoms with van der Waals surface area (Å²) in [5.74, 6) is 1.74. The summed E-state index contributed by atoms with van der Waals surface area (Å²) in [6.45, 7) is 24.0. The Labute approximate surface area is 139 Å². The summed E-state index contributed by atoms with van der Waals surface area (Å²) < 4.78 is 5.94. The van der Waals surface area contributed by atoms with E-state index in [1.54, 1.807) is 0 Å². The monoisotopic (exact) mass is 312 g/mol. The Morgan fingerprint density at radius 2 is 1.18 bits per heavy atom. The van der Waals surface area contributed by atoms with Gasteiger partial charge in [0.1, 0.15) is 6.10 Å². The van der Waals surface area contributed by atoms with Gasteiger partial charge in [0.15, 0.2) is 0 Å². The van der Waals surface area contributed by atoms with Gasteiger partial charge in [0.25, 0.3) is 0 Å². The first-order valence-corrected chi connectivity index (χ1v) is 9.01. The minimum atomic E-state index is -0.0331. The van der Waals surface area contributed by atoms with E-state index < -0.39 is 0 Å². The Balaban J connectivity index is 5.22. The Bertz CT molecular complexity index is 328. The predicted octanol–water partition coefficient (Wildman–Crippen LogP) is 5.80. The van der Waals surface area contributed by atoms with Crippen molar-refractivity contribution < 1.29 is 9.53 Å². The zero-order valence-electron chi connectivity index (χ0n) is 16.9. The number of hydrogen-bond acceptors (Lipinski definition) is 2. The second kappa shape index (κ2) is 8.36. The molecule has 0 fully saturated rings. The molecule has 0 heterocycles. The van der Waals surface area contributed by atoms with E-state index >= 15 is 0 Å². The number of ether oxygens (including phenoxy) is 1. The van der Waals surface area contributed by atoms with Gasteiger partial charge in [-0.05, 0) is 35.0 Å². The lowest BCUT2D eigenvalue weighted by atomic mass is 9.68. The van der Waals surface area contributed by atoms with Gasteiger partial charge >= 0.3 is 5.97 Å². The number of carbonyl (C=O) groups excluding carboxylic acids is 1. The van der Waals surface area contributed by atoms with E-state index in [0.29, 0.717) is 29.6 Å². The van der Waals surface area contributed by atoms with Gasteiger partial charge in [-0.2, -0.15) is 0 Å². The van der Waals surface area contributed by atoms with Crippen LogP contribution in [0.1, 0.15) is 76.2 Å². The van der Waals surface area contributed by atoms with Crippen LogP contribution in [0.2, 0.25) is 0 Å². The Morgan fingerprint density at radius 3 is 1.45 bits per heavy atom. The van der Waals surface area contributed by atoms with Crippen LogP contribution in [0.5, 0.6) is 0 Å². The molecule has 0 aliphatic heterocycles. The van der Waals surface area contributed by atoms with Crippen LogP contribution in [0, 0.1) is 40.9 Å². The van der Waals surface area contributed by atoms with Crippen molar-refractivity contribution in [3.8, 4) is 0 Å². The molecule has 132 valence electrons. The maximum absolute atomic E-state index is 12.9. The third-order valence-electron chi connectivity index (χ3n) is 5.28. The van der Waals surface area contributed by atoms with Gasteiger partial charge in [-0.15, -0.1) is 0 Å². The molecule has 0 aliphatic carbocycles. The molecule has 2 heteroatoms. The van der Waals surface area contributed by atoms with Crippen LogP contribution in [0.3, 0.4) is 0 Å². The van der Waals surface area contributed by atoms with Crippen LogP contribution in [-0.4, -0.2) is 12.1 Å². The standard InChI is InChI=1S/C20H40O2/c1-12(2)17(15(7)16(8)20(9,10)11)19(21)22-18(13(3)4)14(5)6/h12-18H,1-11H3. The molecular weight excluding hydrogens is 272 g/mol. The molecule has 22 heavy (non-hydrogen) atoms. The second-order valence-electron chi connectivity index (χ2n) is 9.17. The van der Waals surface area contributed by atoms with Crippen LogP contribution in [0.4, 0.5) is 0 Å². The van der Waals surface area contributed by atoms with Crippen LogP contribution in [0.15, 0.2) is 0 Å². The zero-order chi connectivity index (χ0) is 17.8. The Morgan fingerprint density at radius 1 is 0.773 bits per heavy atom. The van der Waals surface area contributed by atoms with Gasteiger partial charge in [0, 0.05) is 0 Å². The molecule has 0 aromatic heterocycles. The normalized spacial score (nSPS) is 17.2. The molecule has 0 saturated carbocycles. The highest BCUT2D eigenvalue weighted by Gasteiger charge is 2.38. The highest BCUT2D eigenvalue weighted by Crippen LogP contribution is 2.38. The number of esters is 1. The number of hydrogen-bond donors (Lipinski definition) is 0. The van der Waals surface area contributed by atoms with Crippen molar-refractivity contribution in [1.29, 1.82) is 0 Å². The van der Waals surface area contributed by atoms with E-state index in [-0.39, 0.29) is 23.4 Å². The maximum Gasteiger partial charge on any atom is 0.309 e. The lowest BCUT2D eigenvalue weighted by Gasteiger charge is -2.38. The smallest absolute Gasteiger partial charge is 0.309 e. The van der Waals surface area contributed by atoms with Crippen molar-refractivity contribution in [2.75, 3.05) is 0 Å². The summed E-state index contributed by atoms with van der Waals surface area (Å²) in [7, 11) is 0. The molecule has 3 atom stereocenters. The number of carbonyl (C=O) groups is 1. The van der Waals surface area contributed by atoms with Gasteiger partial charge in [-0.1, -0.05) is 76.2 Å². The fourth-order valence-corrected chi connectivity index (χ4v) is 3.45. The minimum absolute atomic E-state index is 0.00546. The fraction of sp³-hybridized carbons (Fsp3) is 0.950. The first-order chi connectivity index (χ1) is 9.80. The molecule has 0 aromatic carbocycles. The molecule has 2 nitrogen and oxygen atoms in total. The predicted molar refractivity (Wildman–Crippen MR) is 95.7 cm³/mol. The van der Waals surface area contributed by atoms with Crippen molar-refractivity contribution in [3.05, 3.63) is 0 Å². The molecule has 0 aliphatic rings. The highest BCUT2D eigenvalue weighted by atomic mass is 16.5. The van der Waals surface area contributed by atoms with Crippen LogP contribution >= 0.6 is 0 Å². The van der Waals surface area contributed by atoms with Crippen molar-refractivity contribution >= 4 is 5.97 Å². The first-order valence-electron chi connectivity index (χ1n) is 9.01. The highest BCUT2D eigenvalue weighted by molar-refractivity contribution is 5.73. The second-order valence-corrected chi connectivity index (χ2v) is 9.17. The van der Waals surface area contributed by atoms with Crippen LogP contribution in [0.25, 0.3) is 0 Å². The van der Waals surface area contributed by atoms with E-state index in [1.165, 1.54) is 0 Å². The fourth-order valence-electron chi connectivity index (χ4n) is 3.45. The third kappa shape index (κ3) is 5.93. The zero-order valence-corrected chi connectivity index (χ0v) is 16.9. The summed E-state index contributed by atoms with van der Waals surface area (Å²) in [6, 6.07) is 0. The van der Waals surface area contributed by atoms with Crippen molar-refractivity contribution in [2.45, 2.75) is 82.3 Å². The maximum atomic E-state index is 12.9. The molecule has 0 aromatic rings. The van der Waals surface area contributed by atoms with E-state index in [9.17, 15) is 4.79 Å². The molecule has 0 amide bonds. The summed E-state index contributed by atoms with van der Waals surface area (Å²) in [6.07, 6.45) is 0.00546. The summed E-state index contributed by atoms with van der Waals surface area (Å²) in [5.41, 5.74) is 0.197. The molecule has 3 unspecified atom stereocenters. The molecular formula is C20H40O2. The largest absolute Gasteiger partial charge is 0.462 e. The van der Waals surface area contributed by atoms with E-state index in [0.717, 1.165) is 0 Å². The average Bonchev–Trinajstić information content (AvgIpc) is 2.32. The lowest BCUT2D eigenvalue weighted by molar-refractivity contribution is -0.164. The van der Waals surface area contributed by atoms with Gasteiger partial charge < -0.3 is 4.74 Å². The quantitative estimate of drug-likeness (QED) is 0.555. The topological polar surface area (TPSA) is 26.3 Å². The molecule has 0 rings (SSSR count). The van der Waals surface area contributed by atoms with Crippen LogP contribution < -0.4 is 0 Å². The van der Waals surface area contributed by atoms with Gasteiger partial charge in [0.05, 0.1) is 5.92 Å². The van der Waals surface area contributed by atoms with E-state index in [2.05, 4.69) is 76.2 Å². The summed E-state index contributed by atoms with van der Waals surface area (Å²) in [4.78, 5) is 12.9. The van der Waals surface area contributed by atoms with Gasteiger partial charge in [-0.3, -0.25) is 4.79 Å². The van der Waals surface area contributed by atoms with Gasteiger partial charge in [-0.25, -0.2) is 0 Å². The SMILES string of the molecule is CC(C)C(OC(=O)C(C(C)C)C(C)C(C)C(C)(C)C)C(C)C. The van der Waals surface area contributed by atoms with Crippen molar-refractivity contribution in [1.82, 2.24) is 0 Å². The molecule has 0 spiro atoms. The number of rotatable bonds is 7. The van der Waals surface area contributed by atoms with Gasteiger partial charge in [0.2, 0.25) is 0 Å². The molecule has 0 N–H and O–H groups in total. The van der Waals surface area contributed by atoms with E-state index in [1.807, 2.05) is 0 Å². The Hall–Kier alpha value is -0.530. The minimum Gasteiger partial charge on any atom is -0.462 e. The first kappa shape index (κ1) is 21.5. The summed E-state index contributed by atoms with van der Waals surface area (Å²) in [5, 5.41) is 0. The summed E-state index contributed by atoms with van der Waals surface area (Å²) >= 11 is 0. The Kier molecular flexibility index (Phi) is 8.16. The average molecular weight is 313 g/mol. The van der Waals surface area contributed by atoms with Crippen molar-refractivity contribution in [2.24, 2.45) is 40.9 Å². The third-order valence-corrected chi connectivity index (χ3v) is 5.28. The van der Waals surface area contributed by atoms with Crippen molar-refractivity contribution in [3.63, 3.8) is 0 Å². The van der Waals surface area contributed by atoms with E-state index in [4.69, 9.17) is 4.74 Å². The lowest BCUT2D eigenvalue weighted by Crippen LogP contribution is -2.39. The van der Waals surface area contributed by atoms with Crippen LogP contribution in [-0.2, 0) is 9.53 Å².